The number of benzene rings is 2. The number of halogens is 1. The van der Waals surface area contributed by atoms with Crippen LogP contribution in [0.4, 0.5) is 22.7 Å². The van der Waals surface area contributed by atoms with E-state index in [0.717, 1.165) is 0 Å². The van der Waals surface area contributed by atoms with Crippen LogP contribution in [0, 0.1) is 12.3 Å². The molecule has 1 amide bonds. The number of fused-ring (bicyclic) bond motifs is 1. The van der Waals surface area contributed by atoms with Crippen LogP contribution in [0.3, 0.4) is 0 Å². The molecule has 3 aromatic carbocycles. The SMILES string of the molecule is Cc1ccc(C(Nc2c(Nc3ccc(Cl)c4c3C(=O)N(c3ccccc3C(=O)O)C4)c(=O)c2=O)C(C)(C)C)o1. The highest BCUT2D eigenvalue weighted by molar-refractivity contribution is 6.33. The van der Waals surface area contributed by atoms with Crippen molar-refractivity contribution in [2.45, 2.75) is 40.3 Å². The number of nitrogens with one attached hydrogen (secondary N) is 2. The maximum absolute atomic E-state index is 13.6. The van der Waals surface area contributed by atoms with Crippen LogP contribution in [-0.2, 0) is 6.54 Å². The van der Waals surface area contributed by atoms with Gasteiger partial charge in [-0.05, 0) is 48.7 Å². The number of furan rings is 1. The van der Waals surface area contributed by atoms with E-state index < -0.39 is 28.8 Å². The van der Waals surface area contributed by atoms with Gasteiger partial charge < -0.3 is 25.1 Å². The third kappa shape index (κ3) is 4.48. The molecular weight excluding hydrogens is 522 g/mol. The smallest absolute Gasteiger partial charge is 0.337 e. The zero-order valence-corrected chi connectivity index (χ0v) is 22.5. The third-order valence-electron chi connectivity index (χ3n) is 6.83. The largest absolute Gasteiger partial charge is 0.478 e. The standard InChI is InChI=1S/C29H26ClN3O6/c1-14-9-12-20(39-14)26(29(2,3)4)32-23-22(24(34)25(23)35)31-18-11-10-17(30)16-13-33(27(36)21(16)18)19-8-6-5-7-15(19)28(37)38/h5-12,26,31-32H,13H2,1-4H3,(H,37,38). The van der Waals surface area contributed by atoms with E-state index in [4.69, 9.17) is 16.0 Å². The van der Waals surface area contributed by atoms with E-state index in [1.54, 1.807) is 30.3 Å². The summed E-state index contributed by atoms with van der Waals surface area (Å²) in [7, 11) is 0. The van der Waals surface area contributed by atoms with Gasteiger partial charge in [0.05, 0.1) is 35.1 Å². The van der Waals surface area contributed by atoms with Crippen LogP contribution in [0.2, 0.25) is 5.02 Å². The lowest BCUT2D eigenvalue weighted by Crippen LogP contribution is -2.39. The molecule has 2 heterocycles. The Hall–Kier alpha value is -4.37. The fourth-order valence-electron chi connectivity index (χ4n) is 4.83. The molecular formula is C29H26ClN3O6. The highest BCUT2D eigenvalue weighted by Gasteiger charge is 2.37. The molecule has 9 nitrogen and oxygen atoms in total. The van der Waals surface area contributed by atoms with Crippen LogP contribution in [-0.4, -0.2) is 17.0 Å². The fourth-order valence-corrected chi connectivity index (χ4v) is 5.04. The molecule has 10 heteroatoms. The van der Waals surface area contributed by atoms with Crippen LogP contribution >= 0.6 is 11.6 Å². The Morgan fingerprint density at radius 3 is 2.36 bits per heavy atom. The molecule has 4 aromatic rings. The number of rotatable bonds is 7. The highest BCUT2D eigenvalue weighted by atomic mass is 35.5. The Balaban J connectivity index is 1.51. The van der Waals surface area contributed by atoms with Gasteiger partial charge in [-0.15, -0.1) is 0 Å². The van der Waals surface area contributed by atoms with Crippen LogP contribution in [0.25, 0.3) is 0 Å². The second kappa shape index (κ2) is 9.43. The summed E-state index contributed by atoms with van der Waals surface area (Å²) < 4.78 is 5.82. The number of carboxylic acids is 1. The first-order valence-electron chi connectivity index (χ1n) is 12.3. The molecule has 39 heavy (non-hydrogen) atoms. The number of anilines is 4. The van der Waals surface area contributed by atoms with E-state index in [1.165, 1.54) is 11.0 Å². The molecule has 0 radical (unpaired) electrons. The molecule has 1 aliphatic heterocycles. The molecule has 1 atom stereocenters. The number of aromatic carboxylic acids is 1. The molecule has 0 saturated carbocycles. The number of para-hydroxylation sites is 1. The monoisotopic (exact) mass is 547 g/mol. The van der Waals surface area contributed by atoms with Crippen molar-refractivity contribution in [2.24, 2.45) is 5.41 Å². The van der Waals surface area contributed by atoms with Crippen LogP contribution in [0.15, 0.2) is 62.5 Å². The summed E-state index contributed by atoms with van der Waals surface area (Å²) in [5.74, 6) is -0.308. The minimum Gasteiger partial charge on any atom is -0.478 e. The first-order valence-corrected chi connectivity index (χ1v) is 12.6. The van der Waals surface area contributed by atoms with E-state index in [-0.39, 0.29) is 45.8 Å². The van der Waals surface area contributed by atoms with Gasteiger partial charge in [-0.3, -0.25) is 14.4 Å². The Labute approximate surface area is 228 Å². The number of carboxylic acid groups (broad SMARTS) is 1. The van der Waals surface area contributed by atoms with Gasteiger partial charge in [0.25, 0.3) is 16.8 Å². The number of hydrogen-bond acceptors (Lipinski definition) is 7. The lowest BCUT2D eigenvalue weighted by molar-refractivity contribution is 0.0697. The molecule has 5 rings (SSSR count). The number of nitrogens with zero attached hydrogens (tertiary/aromatic N) is 1. The lowest BCUT2D eigenvalue weighted by Gasteiger charge is -2.31. The topological polar surface area (TPSA) is 129 Å². The zero-order chi connectivity index (χ0) is 28.2. The minimum atomic E-state index is -1.17. The van der Waals surface area contributed by atoms with Gasteiger partial charge in [0.15, 0.2) is 0 Å². The molecule has 1 unspecified atom stereocenters. The Morgan fingerprint density at radius 1 is 1.03 bits per heavy atom. The summed E-state index contributed by atoms with van der Waals surface area (Å²) >= 11 is 6.44. The number of hydrogen-bond donors (Lipinski definition) is 3. The minimum absolute atomic E-state index is 0.0271. The van der Waals surface area contributed by atoms with Crippen molar-refractivity contribution in [3.05, 3.63) is 102 Å². The molecule has 0 saturated heterocycles. The van der Waals surface area contributed by atoms with E-state index in [9.17, 15) is 24.3 Å². The molecule has 3 N–H and O–H groups in total. The van der Waals surface area contributed by atoms with Gasteiger partial charge in [0.1, 0.15) is 22.9 Å². The summed E-state index contributed by atoms with van der Waals surface area (Å²) in [6, 6.07) is 12.6. The average molecular weight is 548 g/mol. The van der Waals surface area contributed by atoms with E-state index >= 15 is 0 Å². The van der Waals surface area contributed by atoms with E-state index in [0.29, 0.717) is 22.1 Å². The van der Waals surface area contributed by atoms with Gasteiger partial charge in [0, 0.05) is 10.6 Å². The summed E-state index contributed by atoms with van der Waals surface area (Å²) in [4.78, 5) is 52.1. The Bertz CT molecular complexity index is 1710. The molecule has 1 aliphatic rings. The predicted octanol–water partition coefficient (Wildman–Crippen LogP) is 5.64. The van der Waals surface area contributed by atoms with Crippen molar-refractivity contribution in [3.63, 3.8) is 0 Å². The second-order valence-electron chi connectivity index (χ2n) is 10.6. The normalized spacial score (nSPS) is 14.0. The average Bonchev–Trinajstić information content (AvgIpc) is 3.47. The van der Waals surface area contributed by atoms with E-state index in [1.807, 2.05) is 39.8 Å². The molecule has 0 aliphatic carbocycles. The number of aryl methyl sites for hydroxylation is 1. The van der Waals surface area contributed by atoms with Gasteiger partial charge in [-0.1, -0.05) is 44.5 Å². The van der Waals surface area contributed by atoms with Crippen molar-refractivity contribution in [2.75, 3.05) is 15.5 Å². The van der Waals surface area contributed by atoms with Crippen LogP contribution < -0.4 is 26.4 Å². The van der Waals surface area contributed by atoms with Crippen molar-refractivity contribution >= 4 is 46.2 Å². The van der Waals surface area contributed by atoms with Crippen molar-refractivity contribution in [1.82, 2.24) is 0 Å². The Kier molecular flexibility index (Phi) is 6.34. The maximum Gasteiger partial charge on any atom is 0.337 e. The first-order chi connectivity index (χ1) is 18.4. The van der Waals surface area contributed by atoms with Crippen molar-refractivity contribution in [1.29, 1.82) is 0 Å². The number of carbonyl (C=O) groups is 2. The lowest BCUT2D eigenvalue weighted by atomic mass is 9.85. The number of amides is 1. The molecule has 0 fully saturated rings. The summed E-state index contributed by atoms with van der Waals surface area (Å²) in [5.41, 5.74) is -0.481. The van der Waals surface area contributed by atoms with Gasteiger partial charge >= 0.3 is 5.97 Å². The summed E-state index contributed by atoms with van der Waals surface area (Å²) in [5, 5.41) is 16.1. The fraction of sp³-hybridized carbons (Fsp3) is 0.241. The van der Waals surface area contributed by atoms with E-state index in [2.05, 4.69) is 10.6 Å². The van der Waals surface area contributed by atoms with Crippen molar-refractivity contribution in [3.8, 4) is 0 Å². The molecule has 0 bridgehead atoms. The van der Waals surface area contributed by atoms with Crippen LogP contribution in [0.5, 0.6) is 0 Å². The maximum atomic E-state index is 13.6. The van der Waals surface area contributed by atoms with Gasteiger partial charge in [-0.2, -0.15) is 0 Å². The second-order valence-corrected chi connectivity index (χ2v) is 11.0. The van der Waals surface area contributed by atoms with Gasteiger partial charge in [-0.25, -0.2) is 4.79 Å². The zero-order valence-electron chi connectivity index (χ0n) is 21.7. The highest BCUT2D eigenvalue weighted by Crippen LogP contribution is 2.41. The quantitative estimate of drug-likeness (QED) is 0.254. The third-order valence-corrected chi connectivity index (χ3v) is 7.18. The Morgan fingerprint density at radius 2 is 1.72 bits per heavy atom. The molecule has 200 valence electrons. The predicted molar refractivity (Wildman–Crippen MR) is 149 cm³/mol. The molecule has 0 spiro atoms. The first kappa shape index (κ1) is 26.2. The summed E-state index contributed by atoms with van der Waals surface area (Å²) in [6.45, 7) is 7.82. The van der Waals surface area contributed by atoms with Crippen LogP contribution in [0.1, 0.15) is 64.6 Å². The number of carbonyl (C=O) groups excluding carboxylic acids is 1. The molecule has 1 aromatic heterocycles. The summed E-state index contributed by atoms with van der Waals surface area (Å²) in [6.07, 6.45) is 0. The van der Waals surface area contributed by atoms with Crippen molar-refractivity contribution < 1.29 is 19.1 Å². The van der Waals surface area contributed by atoms with Gasteiger partial charge in [0.2, 0.25) is 0 Å².